The molecule has 5 heteroatoms. The predicted octanol–water partition coefficient (Wildman–Crippen LogP) is 5.97. The molecule has 0 saturated heterocycles. The van der Waals surface area contributed by atoms with Crippen molar-refractivity contribution in [2.75, 3.05) is 11.9 Å². The van der Waals surface area contributed by atoms with Crippen LogP contribution in [0.3, 0.4) is 0 Å². The molecule has 0 spiro atoms. The number of anilines is 2. The quantitative estimate of drug-likeness (QED) is 0.485. The Balaban J connectivity index is 1.40. The minimum absolute atomic E-state index is 0.366. The molecule has 4 aliphatic rings. The monoisotopic (exact) mass is 380 g/mol. The molecular formula is C23H25FN2O2. The molecule has 4 nitrogen and oxygen atoms in total. The first-order valence-corrected chi connectivity index (χ1v) is 10.2. The van der Waals surface area contributed by atoms with E-state index in [9.17, 15) is 14.5 Å². The van der Waals surface area contributed by atoms with Gasteiger partial charge in [0.2, 0.25) is 5.82 Å². The summed E-state index contributed by atoms with van der Waals surface area (Å²) in [5.74, 6) is 1.93. The van der Waals surface area contributed by atoms with E-state index in [-0.39, 0.29) is 0 Å². The van der Waals surface area contributed by atoms with Gasteiger partial charge in [-0.1, -0.05) is 12.1 Å². The van der Waals surface area contributed by atoms with Crippen molar-refractivity contribution in [3.63, 3.8) is 0 Å². The Bertz CT molecular complexity index is 889. The Morgan fingerprint density at radius 1 is 0.964 bits per heavy atom. The summed E-state index contributed by atoms with van der Waals surface area (Å²) in [7, 11) is 1.86. The average molecular weight is 380 g/mol. The van der Waals surface area contributed by atoms with Crippen molar-refractivity contribution >= 4 is 17.1 Å². The van der Waals surface area contributed by atoms with Crippen molar-refractivity contribution in [2.24, 2.45) is 17.8 Å². The van der Waals surface area contributed by atoms with E-state index in [0.29, 0.717) is 11.1 Å². The molecule has 2 aromatic carbocycles. The van der Waals surface area contributed by atoms with Gasteiger partial charge in [-0.15, -0.1) is 0 Å². The van der Waals surface area contributed by atoms with Crippen molar-refractivity contribution in [2.45, 2.75) is 43.9 Å². The van der Waals surface area contributed by atoms with Crippen molar-refractivity contribution in [1.82, 2.24) is 0 Å². The molecule has 0 atom stereocenters. The van der Waals surface area contributed by atoms with E-state index in [1.807, 2.05) is 11.9 Å². The van der Waals surface area contributed by atoms with Crippen LogP contribution in [0.25, 0.3) is 0 Å². The minimum atomic E-state index is -0.806. The summed E-state index contributed by atoms with van der Waals surface area (Å²) >= 11 is 0. The van der Waals surface area contributed by atoms with Gasteiger partial charge in [-0.2, -0.15) is 4.39 Å². The average Bonchev–Trinajstić information content (AvgIpc) is 2.66. The Hall–Kier alpha value is -2.43. The van der Waals surface area contributed by atoms with Crippen LogP contribution in [-0.2, 0) is 5.41 Å². The van der Waals surface area contributed by atoms with E-state index in [4.69, 9.17) is 0 Å². The molecule has 4 bridgehead atoms. The molecule has 4 aliphatic carbocycles. The summed E-state index contributed by atoms with van der Waals surface area (Å²) in [5, 5.41) is 10.8. The number of hydrogen-bond acceptors (Lipinski definition) is 3. The van der Waals surface area contributed by atoms with Gasteiger partial charge >= 0.3 is 5.69 Å². The first kappa shape index (κ1) is 17.7. The van der Waals surface area contributed by atoms with Crippen molar-refractivity contribution in [1.29, 1.82) is 0 Å². The summed E-state index contributed by atoms with van der Waals surface area (Å²) < 4.78 is 14.0. The van der Waals surface area contributed by atoms with Gasteiger partial charge in [0.15, 0.2) is 0 Å². The zero-order valence-electron chi connectivity index (χ0n) is 16.1. The molecule has 28 heavy (non-hydrogen) atoms. The van der Waals surface area contributed by atoms with Gasteiger partial charge < -0.3 is 4.90 Å². The van der Waals surface area contributed by atoms with E-state index < -0.39 is 16.4 Å². The number of benzene rings is 2. The Morgan fingerprint density at radius 3 is 2.00 bits per heavy atom. The topological polar surface area (TPSA) is 46.4 Å². The van der Waals surface area contributed by atoms with Crippen molar-refractivity contribution in [3.05, 3.63) is 64.0 Å². The van der Waals surface area contributed by atoms with Crippen LogP contribution in [0.4, 0.5) is 21.5 Å². The lowest BCUT2D eigenvalue weighted by Crippen LogP contribution is -2.48. The van der Waals surface area contributed by atoms with Gasteiger partial charge in [0.05, 0.1) is 4.92 Å². The van der Waals surface area contributed by atoms with Crippen LogP contribution >= 0.6 is 0 Å². The van der Waals surface area contributed by atoms with Crippen LogP contribution < -0.4 is 4.90 Å². The van der Waals surface area contributed by atoms with Gasteiger partial charge in [-0.25, -0.2) is 0 Å². The number of nitro benzene ring substituents is 1. The predicted molar refractivity (Wildman–Crippen MR) is 107 cm³/mol. The van der Waals surface area contributed by atoms with Crippen LogP contribution in [0.15, 0.2) is 42.5 Å². The molecule has 2 aromatic rings. The number of hydrogen-bond donors (Lipinski definition) is 0. The lowest BCUT2D eigenvalue weighted by Gasteiger charge is -2.57. The summed E-state index contributed by atoms with van der Waals surface area (Å²) in [4.78, 5) is 12.0. The van der Waals surface area contributed by atoms with Gasteiger partial charge in [-0.05, 0) is 85.5 Å². The van der Waals surface area contributed by atoms with E-state index >= 15 is 0 Å². The molecule has 0 N–H and O–H groups in total. The third-order valence-corrected chi connectivity index (χ3v) is 7.42. The highest BCUT2D eigenvalue weighted by Crippen LogP contribution is 2.60. The van der Waals surface area contributed by atoms with E-state index in [1.54, 1.807) is 6.07 Å². The van der Waals surface area contributed by atoms with Gasteiger partial charge in [0, 0.05) is 30.6 Å². The Morgan fingerprint density at radius 2 is 1.50 bits per heavy atom. The zero-order valence-corrected chi connectivity index (χ0v) is 16.1. The smallest absolute Gasteiger partial charge is 0.304 e. The third kappa shape index (κ3) is 2.79. The Labute approximate surface area is 164 Å². The molecule has 0 amide bonds. The highest BCUT2D eigenvalue weighted by Gasteiger charge is 2.51. The summed E-state index contributed by atoms with van der Waals surface area (Å²) in [6, 6.07) is 12.8. The van der Waals surface area contributed by atoms with E-state index in [0.717, 1.165) is 23.4 Å². The summed E-state index contributed by atoms with van der Waals surface area (Å²) in [6.07, 6.45) is 8.31. The first-order valence-electron chi connectivity index (χ1n) is 10.2. The standard InChI is InChI=1S/C23H25FN2O2/c1-25(20-6-7-22(26(27)28)21(24)11-20)19-4-2-18(3-5-19)23-12-15-8-16(13-23)10-17(9-15)14-23/h2-7,11,15-17H,8-10,12-14H2,1H3. The lowest BCUT2D eigenvalue weighted by atomic mass is 9.48. The largest absolute Gasteiger partial charge is 0.345 e. The summed E-state index contributed by atoms with van der Waals surface area (Å²) in [6.45, 7) is 0. The van der Waals surface area contributed by atoms with Gasteiger partial charge in [0.1, 0.15) is 0 Å². The number of rotatable bonds is 4. The van der Waals surface area contributed by atoms with Crippen molar-refractivity contribution in [3.8, 4) is 0 Å². The zero-order chi connectivity index (χ0) is 19.5. The molecule has 4 saturated carbocycles. The van der Waals surface area contributed by atoms with E-state index in [1.165, 1.54) is 56.2 Å². The van der Waals surface area contributed by atoms with Gasteiger partial charge in [0.25, 0.3) is 0 Å². The molecule has 0 radical (unpaired) electrons. The molecule has 4 fully saturated rings. The number of nitrogens with zero attached hydrogens (tertiary/aromatic N) is 2. The lowest BCUT2D eigenvalue weighted by molar-refractivity contribution is -0.387. The maximum absolute atomic E-state index is 14.0. The maximum Gasteiger partial charge on any atom is 0.304 e. The van der Waals surface area contributed by atoms with Gasteiger partial charge in [-0.3, -0.25) is 10.1 Å². The van der Waals surface area contributed by atoms with Crippen molar-refractivity contribution < 1.29 is 9.31 Å². The number of nitro groups is 1. The second-order valence-corrected chi connectivity index (χ2v) is 9.20. The van der Waals surface area contributed by atoms with Crippen LogP contribution in [0.1, 0.15) is 44.1 Å². The fourth-order valence-corrected chi connectivity index (χ4v) is 6.50. The second kappa shape index (κ2) is 6.29. The SMILES string of the molecule is CN(c1ccc(C23CC4CC(CC(C4)C2)C3)cc1)c1ccc([N+](=O)[O-])c(F)c1. The summed E-state index contributed by atoms with van der Waals surface area (Å²) in [5.41, 5.74) is 2.89. The molecule has 6 rings (SSSR count). The highest BCUT2D eigenvalue weighted by atomic mass is 19.1. The third-order valence-electron chi connectivity index (χ3n) is 7.42. The molecule has 146 valence electrons. The fraction of sp³-hybridized carbons (Fsp3) is 0.478. The molecule has 0 aliphatic heterocycles. The molecule has 0 aromatic heterocycles. The molecule has 0 heterocycles. The maximum atomic E-state index is 14.0. The van der Waals surface area contributed by atoms with Crippen LogP contribution in [0.5, 0.6) is 0 Å². The molecular weight excluding hydrogens is 355 g/mol. The van der Waals surface area contributed by atoms with Crippen LogP contribution in [0.2, 0.25) is 0 Å². The Kier molecular flexibility index (Phi) is 3.97. The molecule has 0 unspecified atom stereocenters. The van der Waals surface area contributed by atoms with Crippen LogP contribution in [0, 0.1) is 33.7 Å². The minimum Gasteiger partial charge on any atom is -0.345 e. The number of halogens is 1. The first-order chi connectivity index (χ1) is 13.4. The van der Waals surface area contributed by atoms with Crippen LogP contribution in [-0.4, -0.2) is 12.0 Å². The highest BCUT2D eigenvalue weighted by molar-refractivity contribution is 5.64. The fourth-order valence-electron chi connectivity index (χ4n) is 6.50. The second-order valence-electron chi connectivity index (χ2n) is 9.20. The normalized spacial score (nSPS) is 30.4. The van der Waals surface area contributed by atoms with E-state index in [2.05, 4.69) is 24.3 Å².